The molecule has 0 N–H and O–H groups in total. The molecule has 3 aromatic rings. The fourth-order valence-electron chi connectivity index (χ4n) is 3.15. The number of carbonyl (C=O) groups is 1. The number of amides is 1. The van der Waals surface area contributed by atoms with E-state index in [-0.39, 0.29) is 11.5 Å². The zero-order chi connectivity index (χ0) is 18.1. The molecule has 0 saturated carbocycles. The Bertz CT molecular complexity index is 1010. The van der Waals surface area contributed by atoms with Gasteiger partial charge in [-0.2, -0.15) is 0 Å². The summed E-state index contributed by atoms with van der Waals surface area (Å²) in [5, 5.41) is 0.753. The van der Waals surface area contributed by atoms with Crippen LogP contribution < -0.4 is 5.63 Å². The SMILES string of the molecule is O=C(c1cc2ccccc2oc1=O)N1CCN(Cc2ccc(Cl)s2)CC1. The lowest BCUT2D eigenvalue weighted by atomic mass is 10.1. The minimum atomic E-state index is -0.579. The zero-order valence-electron chi connectivity index (χ0n) is 14.0. The summed E-state index contributed by atoms with van der Waals surface area (Å²) in [5.41, 5.74) is 0.0139. The Morgan fingerprint density at radius 1 is 1.12 bits per heavy atom. The molecule has 0 unspecified atom stereocenters. The maximum Gasteiger partial charge on any atom is 0.349 e. The molecule has 0 aliphatic carbocycles. The average molecular weight is 389 g/mol. The molecule has 7 heteroatoms. The van der Waals surface area contributed by atoms with Crippen molar-refractivity contribution >= 4 is 39.8 Å². The van der Waals surface area contributed by atoms with Gasteiger partial charge in [0.25, 0.3) is 5.91 Å². The van der Waals surface area contributed by atoms with Crippen molar-refractivity contribution in [3.63, 3.8) is 0 Å². The van der Waals surface area contributed by atoms with Gasteiger partial charge in [0.2, 0.25) is 0 Å². The van der Waals surface area contributed by atoms with Crippen molar-refractivity contribution in [3.05, 3.63) is 67.7 Å². The third-order valence-electron chi connectivity index (χ3n) is 4.54. The summed E-state index contributed by atoms with van der Waals surface area (Å²) in [4.78, 5) is 30.2. The van der Waals surface area contributed by atoms with Crippen LogP contribution in [-0.4, -0.2) is 41.9 Å². The summed E-state index contributed by atoms with van der Waals surface area (Å²) in [7, 11) is 0. The lowest BCUT2D eigenvalue weighted by Crippen LogP contribution is -2.48. The number of halogens is 1. The molecule has 0 atom stereocenters. The average Bonchev–Trinajstić information content (AvgIpc) is 3.06. The summed E-state index contributed by atoms with van der Waals surface area (Å²) < 4.78 is 6.07. The quantitative estimate of drug-likeness (QED) is 0.645. The fourth-order valence-corrected chi connectivity index (χ4v) is 4.28. The van der Waals surface area contributed by atoms with E-state index in [1.54, 1.807) is 34.4 Å². The van der Waals surface area contributed by atoms with Crippen LogP contribution in [0.3, 0.4) is 0 Å². The second-order valence-corrected chi connectivity index (χ2v) is 8.06. The van der Waals surface area contributed by atoms with Crippen LogP contribution in [0.4, 0.5) is 0 Å². The van der Waals surface area contributed by atoms with Gasteiger partial charge < -0.3 is 9.32 Å². The van der Waals surface area contributed by atoms with Gasteiger partial charge in [-0.3, -0.25) is 9.69 Å². The van der Waals surface area contributed by atoms with E-state index in [4.69, 9.17) is 16.0 Å². The number of piperazine rings is 1. The van der Waals surface area contributed by atoms with Crippen LogP contribution in [0.5, 0.6) is 0 Å². The van der Waals surface area contributed by atoms with Crippen molar-refractivity contribution < 1.29 is 9.21 Å². The summed E-state index contributed by atoms with van der Waals surface area (Å²) in [6, 6.07) is 12.8. The van der Waals surface area contributed by atoms with Gasteiger partial charge in [0.1, 0.15) is 11.1 Å². The Balaban J connectivity index is 1.45. The molecule has 4 rings (SSSR count). The maximum atomic E-state index is 12.8. The molecule has 0 radical (unpaired) electrons. The van der Waals surface area contributed by atoms with Crippen LogP contribution in [-0.2, 0) is 6.54 Å². The second kappa shape index (κ2) is 7.23. The van der Waals surface area contributed by atoms with E-state index in [0.29, 0.717) is 18.7 Å². The molecule has 1 aromatic carbocycles. The fraction of sp³-hybridized carbons (Fsp3) is 0.263. The van der Waals surface area contributed by atoms with Gasteiger partial charge in [-0.05, 0) is 24.3 Å². The first-order valence-electron chi connectivity index (χ1n) is 8.39. The van der Waals surface area contributed by atoms with E-state index >= 15 is 0 Å². The molecule has 0 bridgehead atoms. The normalized spacial score (nSPS) is 15.5. The Morgan fingerprint density at radius 3 is 2.62 bits per heavy atom. The third-order valence-corrected chi connectivity index (χ3v) is 5.76. The maximum absolute atomic E-state index is 12.8. The summed E-state index contributed by atoms with van der Waals surface area (Å²) in [6.07, 6.45) is 0. The van der Waals surface area contributed by atoms with E-state index in [2.05, 4.69) is 4.90 Å². The molecule has 1 aliphatic rings. The molecule has 0 spiro atoms. The van der Waals surface area contributed by atoms with Gasteiger partial charge >= 0.3 is 5.63 Å². The lowest BCUT2D eigenvalue weighted by molar-refractivity contribution is 0.0625. The smallest absolute Gasteiger partial charge is 0.349 e. The van der Waals surface area contributed by atoms with Crippen molar-refractivity contribution in [2.45, 2.75) is 6.54 Å². The number of hydrogen-bond donors (Lipinski definition) is 0. The summed E-state index contributed by atoms with van der Waals surface area (Å²) >= 11 is 7.55. The number of para-hydroxylation sites is 1. The first-order valence-corrected chi connectivity index (χ1v) is 9.58. The molecule has 1 amide bonds. The van der Waals surface area contributed by atoms with Crippen LogP contribution in [0.15, 0.2) is 51.7 Å². The van der Waals surface area contributed by atoms with E-state index in [1.165, 1.54) is 4.88 Å². The summed E-state index contributed by atoms with van der Waals surface area (Å²) in [5.74, 6) is -0.261. The van der Waals surface area contributed by atoms with E-state index in [1.807, 2.05) is 24.3 Å². The Kier molecular flexibility index (Phi) is 4.80. The van der Waals surface area contributed by atoms with Gasteiger partial charge in [0.05, 0.1) is 4.34 Å². The molecule has 1 saturated heterocycles. The van der Waals surface area contributed by atoms with Crippen molar-refractivity contribution in [1.29, 1.82) is 0 Å². The van der Waals surface area contributed by atoms with E-state index in [9.17, 15) is 9.59 Å². The predicted molar refractivity (Wildman–Crippen MR) is 103 cm³/mol. The number of rotatable bonds is 3. The standard InChI is InChI=1S/C19H17ClN2O3S/c20-17-6-5-14(26-17)12-21-7-9-22(10-8-21)18(23)15-11-13-3-1-2-4-16(13)25-19(15)24/h1-6,11H,7-10,12H2. The Morgan fingerprint density at radius 2 is 1.88 bits per heavy atom. The van der Waals surface area contributed by atoms with E-state index in [0.717, 1.165) is 29.4 Å². The van der Waals surface area contributed by atoms with Crippen LogP contribution in [0.2, 0.25) is 4.34 Å². The zero-order valence-corrected chi connectivity index (χ0v) is 15.6. The van der Waals surface area contributed by atoms with Crippen molar-refractivity contribution in [2.75, 3.05) is 26.2 Å². The van der Waals surface area contributed by atoms with Gasteiger partial charge in [-0.15, -0.1) is 11.3 Å². The molecule has 134 valence electrons. The molecule has 2 aromatic heterocycles. The van der Waals surface area contributed by atoms with Gasteiger partial charge in [-0.25, -0.2) is 4.79 Å². The van der Waals surface area contributed by atoms with Crippen molar-refractivity contribution in [3.8, 4) is 0 Å². The van der Waals surface area contributed by atoms with Gasteiger partial charge in [0, 0.05) is 43.0 Å². The third kappa shape index (κ3) is 3.53. The van der Waals surface area contributed by atoms with Crippen LogP contribution in [0, 0.1) is 0 Å². The van der Waals surface area contributed by atoms with Gasteiger partial charge in [0.15, 0.2) is 0 Å². The number of carbonyl (C=O) groups excluding carboxylic acids is 1. The highest BCUT2D eigenvalue weighted by atomic mass is 35.5. The highest BCUT2D eigenvalue weighted by molar-refractivity contribution is 7.16. The van der Waals surface area contributed by atoms with Crippen LogP contribution in [0.25, 0.3) is 11.0 Å². The highest BCUT2D eigenvalue weighted by Gasteiger charge is 2.25. The molecule has 1 aliphatic heterocycles. The number of hydrogen-bond acceptors (Lipinski definition) is 5. The number of nitrogens with zero attached hydrogens (tertiary/aromatic N) is 2. The van der Waals surface area contributed by atoms with Crippen molar-refractivity contribution in [1.82, 2.24) is 9.80 Å². The summed E-state index contributed by atoms with van der Waals surface area (Å²) in [6.45, 7) is 3.53. The van der Waals surface area contributed by atoms with Crippen LogP contribution >= 0.6 is 22.9 Å². The van der Waals surface area contributed by atoms with E-state index < -0.39 is 5.63 Å². The molecule has 3 heterocycles. The largest absolute Gasteiger partial charge is 0.422 e. The highest BCUT2D eigenvalue weighted by Crippen LogP contribution is 2.23. The molecule has 1 fully saturated rings. The molecular weight excluding hydrogens is 372 g/mol. The monoisotopic (exact) mass is 388 g/mol. The lowest BCUT2D eigenvalue weighted by Gasteiger charge is -2.34. The van der Waals surface area contributed by atoms with Gasteiger partial charge in [-0.1, -0.05) is 29.8 Å². The molecular formula is C19H17ClN2O3S. The minimum Gasteiger partial charge on any atom is -0.422 e. The van der Waals surface area contributed by atoms with Crippen LogP contribution in [0.1, 0.15) is 15.2 Å². The first kappa shape index (κ1) is 17.3. The topological polar surface area (TPSA) is 53.8 Å². The molecule has 26 heavy (non-hydrogen) atoms. The number of fused-ring (bicyclic) bond motifs is 1. The van der Waals surface area contributed by atoms with Crippen molar-refractivity contribution in [2.24, 2.45) is 0 Å². The molecule has 5 nitrogen and oxygen atoms in total. The minimum absolute atomic E-state index is 0.0992. The number of thiophene rings is 1. The Hall–Kier alpha value is -2.15. The number of benzene rings is 1. The predicted octanol–water partition coefficient (Wildman–Crippen LogP) is 3.47. The Labute approximate surface area is 159 Å². The first-order chi connectivity index (χ1) is 12.6. The second-order valence-electron chi connectivity index (χ2n) is 6.26.